The smallest absolute Gasteiger partial charge is 0.220 e. The summed E-state index contributed by atoms with van der Waals surface area (Å²) >= 11 is 0. The van der Waals surface area contributed by atoms with Crippen LogP contribution in [-0.2, 0) is 17.8 Å². The third-order valence-corrected chi connectivity index (χ3v) is 5.74. The van der Waals surface area contributed by atoms with Gasteiger partial charge in [0.1, 0.15) is 5.75 Å². The molecule has 1 aliphatic heterocycles. The predicted octanol–water partition coefficient (Wildman–Crippen LogP) is 3.97. The lowest BCUT2D eigenvalue weighted by Crippen LogP contribution is -2.42. The molecule has 0 bridgehead atoms. The van der Waals surface area contributed by atoms with Crippen LogP contribution in [0.4, 0.5) is 0 Å². The number of rotatable bonds is 9. The SMILES string of the molecule is COc1ccc(CN2CCc3cc(OC)c(OC)cc3C2CNC(=O)CC(C)C)cc1. The van der Waals surface area contributed by atoms with Crippen LogP contribution in [0.2, 0.25) is 0 Å². The molecule has 0 saturated heterocycles. The highest BCUT2D eigenvalue weighted by molar-refractivity contribution is 5.76. The number of carbonyl (C=O) groups is 1. The number of benzene rings is 2. The second-order valence-corrected chi connectivity index (χ2v) is 8.39. The minimum Gasteiger partial charge on any atom is -0.497 e. The van der Waals surface area contributed by atoms with Crippen LogP contribution in [0.5, 0.6) is 17.2 Å². The zero-order valence-electron chi connectivity index (χ0n) is 19.2. The lowest BCUT2D eigenvalue weighted by atomic mass is 9.91. The third-order valence-electron chi connectivity index (χ3n) is 5.74. The number of hydrogen-bond acceptors (Lipinski definition) is 5. The first-order valence-corrected chi connectivity index (χ1v) is 10.8. The highest BCUT2D eigenvalue weighted by atomic mass is 16.5. The standard InChI is InChI=1S/C25H34N2O4/c1-17(2)12-25(28)26-15-22-21-14-24(31-5)23(30-4)13-19(21)10-11-27(22)16-18-6-8-20(29-3)9-7-18/h6-9,13-14,17,22H,10-12,15-16H2,1-5H3,(H,26,28). The molecule has 6 heteroatoms. The highest BCUT2D eigenvalue weighted by Gasteiger charge is 2.29. The summed E-state index contributed by atoms with van der Waals surface area (Å²) in [5.74, 6) is 2.73. The Morgan fingerprint density at radius 3 is 2.35 bits per heavy atom. The molecule has 168 valence electrons. The van der Waals surface area contributed by atoms with E-state index in [2.05, 4.69) is 48.3 Å². The summed E-state index contributed by atoms with van der Waals surface area (Å²) in [6.45, 7) is 6.37. The molecule has 2 aromatic carbocycles. The molecule has 0 aliphatic carbocycles. The molecule has 1 atom stereocenters. The Kier molecular flexibility index (Phi) is 7.80. The van der Waals surface area contributed by atoms with E-state index in [0.29, 0.717) is 24.6 Å². The summed E-state index contributed by atoms with van der Waals surface area (Å²) in [6, 6.07) is 12.4. The minimum absolute atomic E-state index is 0.0572. The number of nitrogens with zero attached hydrogens (tertiary/aromatic N) is 1. The highest BCUT2D eigenvalue weighted by Crippen LogP contribution is 2.38. The van der Waals surface area contributed by atoms with Gasteiger partial charge in [0.2, 0.25) is 5.91 Å². The second kappa shape index (κ2) is 10.5. The van der Waals surface area contributed by atoms with E-state index < -0.39 is 0 Å². The lowest BCUT2D eigenvalue weighted by Gasteiger charge is -2.38. The van der Waals surface area contributed by atoms with Crippen molar-refractivity contribution in [2.75, 3.05) is 34.4 Å². The summed E-state index contributed by atoms with van der Waals surface area (Å²) in [4.78, 5) is 14.8. The van der Waals surface area contributed by atoms with Gasteiger partial charge in [-0.25, -0.2) is 0 Å². The van der Waals surface area contributed by atoms with E-state index in [9.17, 15) is 4.79 Å². The fraction of sp³-hybridized carbons (Fsp3) is 0.480. The Hall–Kier alpha value is -2.73. The van der Waals surface area contributed by atoms with Crippen LogP contribution < -0.4 is 19.5 Å². The van der Waals surface area contributed by atoms with E-state index in [0.717, 1.165) is 31.0 Å². The number of amides is 1. The Morgan fingerprint density at radius 2 is 1.74 bits per heavy atom. The van der Waals surface area contributed by atoms with Crippen LogP contribution in [0, 0.1) is 5.92 Å². The van der Waals surface area contributed by atoms with Crippen molar-refractivity contribution >= 4 is 5.91 Å². The fourth-order valence-electron chi connectivity index (χ4n) is 4.13. The second-order valence-electron chi connectivity index (χ2n) is 8.39. The maximum absolute atomic E-state index is 12.4. The maximum atomic E-state index is 12.4. The van der Waals surface area contributed by atoms with Gasteiger partial charge in [0.25, 0.3) is 0 Å². The third kappa shape index (κ3) is 5.70. The van der Waals surface area contributed by atoms with Gasteiger partial charge in [0.05, 0.1) is 27.4 Å². The van der Waals surface area contributed by atoms with Crippen molar-refractivity contribution in [2.45, 2.75) is 39.3 Å². The molecule has 1 unspecified atom stereocenters. The molecule has 0 radical (unpaired) electrons. The molecule has 1 heterocycles. The Balaban J connectivity index is 1.87. The van der Waals surface area contributed by atoms with Crippen molar-refractivity contribution in [3.05, 3.63) is 53.1 Å². The number of ether oxygens (including phenoxy) is 3. The van der Waals surface area contributed by atoms with Gasteiger partial charge in [-0.2, -0.15) is 0 Å². The van der Waals surface area contributed by atoms with Crippen molar-refractivity contribution in [3.63, 3.8) is 0 Å². The molecular formula is C25H34N2O4. The summed E-state index contributed by atoms with van der Waals surface area (Å²) in [5.41, 5.74) is 3.64. The van der Waals surface area contributed by atoms with E-state index in [-0.39, 0.29) is 11.9 Å². The zero-order chi connectivity index (χ0) is 22.4. The lowest BCUT2D eigenvalue weighted by molar-refractivity contribution is -0.122. The topological polar surface area (TPSA) is 60.0 Å². The van der Waals surface area contributed by atoms with Gasteiger partial charge in [-0.15, -0.1) is 0 Å². The summed E-state index contributed by atoms with van der Waals surface area (Å²) in [5, 5.41) is 3.15. The average Bonchev–Trinajstić information content (AvgIpc) is 2.77. The number of methoxy groups -OCH3 is 3. The molecular weight excluding hydrogens is 392 g/mol. The van der Waals surface area contributed by atoms with Crippen LogP contribution in [0.25, 0.3) is 0 Å². The van der Waals surface area contributed by atoms with Gasteiger partial charge in [0.15, 0.2) is 11.5 Å². The molecule has 1 amide bonds. The number of nitrogens with one attached hydrogen (secondary N) is 1. The first-order valence-electron chi connectivity index (χ1n) is 10.8. The van der Waals surface area contributed by atoms with Gasteiger partial charge >= 0.3 is 0 Å². The molecule has 0 spiro atoms. The van der Waals surface area contributed by atoms with Gasteiger partial charge in [0, 0.05) is 26.1 Å². The first-order chi connectivity index (χ1) is 14.9. The fourth-order valence-corrected chi connectivity index (χ4v) is 4.13. The molecule has 1 N–H and O–H groups in total. The quantitative estimate of drug-likeness (QED) is 0.657. The molecule has 1 aliphatic rings. The van der Waals surface area contributed by atoms with Gasteiger partial charge in [-0.05, 0) is 53.3 Å². The van der Waals surface area contributed by atoms with E-state index >= 15 is 0 Å². The largest absolute Gasteiger partial charge is 0.497 e. The van der Waals surface area contributed by atoms with Crippen LogP contribution in [0.1, 0.15) is 43.0 Å². The van der Waals surface area contributed by atoms with E-state index in [1.54, 1.807) is 21.3 Å². The van der Waals surface area contributed by atoms with Crippen molar-refractivity contribution in [1.29, 1.82) is 0 Å². The van der Waals surface area contributed by atoms with Crippen LogP contribution >= 0.6 is 0 Å². The molecule has 2 aromatic rings. The van der Waals surface area contributed by atoms with Gasteiger partial charge < -0.3 is 19.5 Å². The molecule has 0 saturated carbocycles. The van der Waals surface area contributed by atoms with Crippen molar-refractivity contribution in [3.8, 4) is 17.2 Å². The van der Waals surface area contributed by atoms with Crippen LogP contribution in [0.15, 0.2) is 36.4 Å². The van der Waals surface area contributed by atoms with Crippen molar-refractivity contribution in [1.82, 2.24) is 10.2 Å². The van der Waals surface area contributed by atoms with Crippen LogP contribution in [-0.4, -0.2) is 45.2 Å². The summed E-state index contributed by atoms with van der Waals surface area (Å²) < 4.78 is 16.4. The van der Waals surface area contributed by atoms with Crippen molar-refractivity contribution in [2.24, 2.45) is 5.92 Å². The molecule has 3 rings (SSSR count). The molecule has 31 heavy (non-hydrogen) atoms. The monoisotopic (exact) mass is 426 g/mol. The molecule has 0 aromatic heterocycles. The van der Waals surface area contributed by atoms with Gasteiger partial charge in [-0.3, -0.25) is 9.69 Å². The van der Waals surface area contributed by atoms with E-state index in [4.69, 9.17) is 14.2 Å². The predicted molar refractivity (Wildman–Crippen MR) is 122 cm³/mol. The summed E-state index contributed by atoms with van der Waals surface area (Å²) in [7, 11) is 4.99. The maximum Gasteiger partial charge on any atom is 0.220 e. The van der Waals surface area contributed by atoms with E-state index in [1.165, 1.54) is 16.7 Å². The Labute approximate surface area is 185 Å². The first kappa shape index (κ1) is 22.9. The molecule has 6 nitrogen and oxygen atoms in total. The number of carbonyl (C=O) groups excluding carboxylic acids is 1. The number of hydrogen-bond donors (Lipinski definition) is 1. The van der Waals surface area contributed by atoms with Gasteiger partial charge in [-0.1, -0.05) is 26.0 Å². The Morgan fingerprint density at radius 1 is 1.06 bits per heavy atom. The van der Waals surface area contributed by atoms with Crippen molar-refractivity contribution < 1.29 is 19.0 Å². The molecule has 0 fully saturated rings. The normalized spacial score (nSPS) is 16.0. The minimum atomic E-state index is 0.0572. The zero-order valence-corrected chi connectivity index (χ0v) is 19.2. The average molecular weight is 427 g/mol. The summed E-state index contributed by atoms with van der Waals surface area (Å²) in [6.07, 6.45) is 1.45. The van der Waals surface area contributed by atoms with Crippen LogP contribution in [0.3, 0.4) is 0 Å². The Bertz CT molecular complexity index is 880. The van der Waals surface area contributed by atoms with E-state index in [1.807, 2.05) is 12.1 Å². The number of fused-ring (bicyclic) bond motifs is 1.